The van der Waals surface area contributed by atoms with Crippen molar-refractivity contribution in [3.63, 3.8) is 0 Å². The van der Waals surface area contributed by atoms with E-state index in [-0.39, 0.29) is 12.4 Å². The number of nitrogens with two attached hydrogens (primary N) is 1. The normalized spacial score (nSPS) is 16.8. The summed E-state index contributed by atoms with van der Waals surface area (Å²) in [6, 6.07) is 13.1. The van der Waals surface area contributed by atoms with Crippen LogP contribution in [0.15, 0.2) is 64.8 Å². The van der Waals surface area contributed by atoms with Gasteiger partial charge in [-0.15, -0.1) is 0 Å². The van der Waals surface area contributed by atoms with Crippen molar-refractivity contribution >= 4 is 29.2 Å². The summed E-state index contributed by atoms with van der Waals surface area (Å²) in [7, 11) is 0. The number of hydrogen-bond donors (Lipinski definition) is 3. The van der Waals surface area contributed by atoms with Gasteiger partial charge in [-0.1, -0.05) is 108 Å². The Morgan fingerprint density at radius 2 is 1.65 bits per heavy atom. The van der Waals surface area contributed by atoms with Gasteiger partial charge in [-0.3, -0.25) is 15.3 Å². The lowest BCUT2D eigenvalue weighted by Gasteiger charge is -2.34. The number of amidine groups is 1. The van der Waals surface area contributed by atoms with Crippen molar-refractivity contribution in [2.24, 2.45) is 10.7 Å². The first kappa shape index (κ1) is 42.6. The van der Waals surface area contributed by atoms with Gasteiger partial charge in [0, 0.05) is 41.4 Å². The van der Waals surface area contributed by atoms with E-state index in [0.29, 0.717) is 61.0 Å². The number of benzene rings is 2. The molecule has 4 rings (SSSR count). The van der Waals surface area contributed by atoms with Crippen LogP contribution in [0.2, 0.25) is 5.02 Å². The van der Waals surface area contributed by atoms with Gasteiger partial charge in [0.05, 0.1) is 32.7 Å². The number of hydrogen-bond acceptors (Lipinski definition) is 6. The van der Waals surface area contributed by atoms with E-state index in [9.17, 15) is 18.0 Å². The van der Waals surface area contributed by atoms with E-state index in [4.69, 9.17) is 37.2 Å². The molecular formula is C36H53ClF3N5O3. The number of nitrogens with zero attached hydrogens (tertiary/aromatic N) is 2. The Kier molecular flexibility index (Phi) is 19.1. The van der Waals surface area contributed by atoms with E-state index in [2.05, 4.69) is 19.2 Å². The second kappa shape index (κ2) is 21.5. The number of carbonyl (C=O) groups excluding carboxylic acids is 1. The Morgan fingerprint density at radius 3 is 2.21 bits per heavy atom. The molecule has 1 heterocycles. The van der Waals surface area contributed by atoms with Crippen LogP contribution in [0.25, 0.3) is 0 Å². The summed E-state index contributed by atoms with van der Waals surface area (Å²) >= 11 is 6.31. The predicted molar refractivity (Wildman–Crippen MR) is 190 cm³/mol. The Balaban J connectivity index is 0.00000153. The van der Waals surface area contributed by atoms with Gasteiger partial charge < -0.3 is 20.5 Å². The van der Waals surface area contributed by atoms with Gasteiger partial charge in [0.1, 0.15) is 5.84 Å². The molecule has 1 aliphatic carbocycles. The molecule has 0 unspecified atom stereocenters. The minimum absolute atomic E-state index is 0.141. The van der Waals surface area contributed by atoms with E-state index < -0.39 is 31.0 Å². The molecule has 0 atom stereocenters. The number of amides is 2. The average Bonchev–Trinajstić information content (AvgIpc) is 3.52. The smallest absolute Gasteiger partial charge is 0.390 e. The third kappa shape index (κ3) is 13.6. The quantitative estimate of drug-likeness (QED) is 0.198. The summed E-state index contributed by atoms with van der Waals surface area (Å²) in [5.74, 6) is -1.13. The molecule has 1 aliphatic heterocycles. The molecule has 2 aromatic carbocycles. The first-order valence-electron chi connectivity index (χ1n) is 16.7. The molecule has 268 valence electrons. The zero-order valence-electron chi connectivity index (χ0n) is 29.4. The molecular weight excluding hydrogens is 643 g/mol. The van der Waals surface area contributed by atoms with Crippen molar-refractivity contribution in [3.05, 3.63) is 81.5 Å². The summed E-state index contributed by atoms with van der Waals surface area (Å²) in [6.07, 6.45) is -3.14. The molecule has 12 heteroatoms. The first-order valence-corrected chi connectivity index (χ1v) is 17.1. The second-order valence-electron chi connectivity index (χ2n) is 10.7. The van der Waals surface area contributed by atoms with Crippen LogP contribution in [-0.4, -0.2) is 60.7 Å². The molecule has 2 aromatic rings. The molecule has 2 fully saturated rings. The summed E-state index contributed by atoms with van der Waals surface area (Å²) < 4.78 is 50.9. The van der Waals surface area contributed by atoms with Crippen molar-refractivity contribution in [2.75, 3.05) is 26.3 Å². The van der Waals surface area contributed by atoms with E-state index in [1.807, 2.05) is 52.8 Å². The highest BCUT2D eigenvalue weighted by atomic mass is 35.5. The third-order valence-corrected chi connectivity index (χ3v) is 7.40. The molecule has 2 aliphatic rings. The van der Waals surface area contributed by atoms with Crippen LogP contribution < -0.4 is 11.1 Å². The number of halogens is 4. The Hall–Kier alpha value is -3.41. The highest BCUT2D eigenvalue weighted by Crippen LogP contribution is 2.37. The van der Waals surface area contributed by atoms with E-state index >= 15 is 0 Å². The summed E-state index contributed by atoms with van der Waals surface area (Å²) in [5, 5.41) is 11.6. The summed E-state index contributed by atoms with van der Waals surface area (Å²) in [5.41, 5.74) is 10.2. The maximum atomic E-state index is 13.1. The summed E-state index contributed by atoms with van der Waals surface area (Å²) in [4.78, 5) is 18.7. The van der Waals surface area contributed by atoms with Crippen molar-refractivity contribution in [2.45, 2.75) is 99.1 Å². The number of urea groups is 1. The Bertz CT molecular complexity index is 1340. The lowest BCUT2D eigenvalue weighted by atomic mass is 9.86. The molecule has 48 heavy (non-hydrogen) atoms. The van der Waals surface area contributed by atoms with Gasteiger partial charge in [0.25, 0.3) is 0 Å². The van der Waals surface area contributed by atoms with Crippen molar-refractivity contribution in [1.29, 1.82) is 5.41 Å². The molecule has 0 aromatic heterocycles. The van der Waals surface area contributed by atoms with E-state index in [0.717, 1.165) is 21.6 Å². The van der Waals surface area contributed by atoms with Crippen LogP contribution >= 0.6 is 11.6 Å². The van der Waals surface area contributed by atoms with Crippen LogP contribution in [0.4, 0.5) is 18.0 Å². The van der Waals surface area contributed by atoms with Crippen LogP contribution in [0.1, 0.15) is 90.3 Å². The minimum Gasteiger partial charge on any atom is -0.400 e. The standard InChI is InChI=1S/C29H33ClF3N5O3.C3H8.2C2H6/c1-19-6-8-20(9-7-19)26(35)38(13-12-29(31,32)33)27(39)37-18-24(34)22-10-11-28(40-14-15-41-28)16-25(22)36-17-21-4-2-3-5-23(21)30;1-3-2;2*1-2/h2-9,35H,10-18,34H2,1H3,(H,37,39);3H2,1-2H3;2*1-2H3/b24-22-,35-26?,36-25?;;;. The van der Waals surface area contributed by atoms with Gasteiger partial charge in [0.15, 0.2) is 5.79 Å². The molecule has 2 amide bonds. The highest BCUT2D eigenvalue weighted by Gasteiger charge is 2.42. The zero-order chi connectivity index (χ0) is 36.3. The van der Waals surface area contributed by atoms with Crippen LogP contribution in [-0.2, 0) is 16.0 Å². The number of nitrogens with one attached hydrogen (secondary N) is 2. The molecule has 1 saturated heterocycles. The monoisotopic (exact) mass is 695 g/mol. The number of allylic oxidation sites excluding steroid dienone is 1. The molecule has 0 radical (unpaired) electrons. The van der Waals surface area contributed by atoms with Gasteiger partial charge in [-0.2, -0.15) is 13.2 Å². The number of aliphatic imine (C=N–C) groups is 1. The molecule has 8 nitrogen and oxygen atoms in total. The fourth-order valence-electron chi connectivity index (χ4n) is 4.75. The Morgan fingerprint density at radius 1 is 1.06 bits per heavy atom. The van der Waals surface area contributed by atoms with E-state index in [1.54, 1.807) is 30.3 Å². The molecule has 0 bridgehead atoms. The number of carbonyl (C=O) groups is 1. The average molecular weight is 696 g/mol. The summed E-state index contributed by atoms with van der Waals surface area (Å²) in [6.45, 7) is 14.5. The Labute approximate surface area is 289 Å². The fourth-order valence-corrected chi connectivity index (χ4v) is 4.95. The van der Waals surface area contributed by atoms with Crippen molar-refractivity contribution in [3.8, 4) is 0 Å². The minimum atomic E-state index is -4.50. The number of ether oxygens (including phenoxy) is 2. The number of rotatable bonds is 7. The maximum Gasteiger partial charge on any atom is 0.390 e. The predicted octanol–water partition coefficient (Wildman–Crippen LogP) is 9.19. The second-order valence-corrected chi connectivity index (χ2v) is 11.1. The zero-order valence-corrected chi connectivity index (χ0v) is 30.2. The van der Waals surface area contributed by atoms with E-state index in [1.165, 1.54) is 6.42 Å². The van der Waals surface area contributed by atoms with Crippen LogP contribution in [0, 0.1) is 12.3 Å². The van der Waals surface area contributed by atoms with Crippen LogP contribution in [0.3, 0.4) is 0 Å². The van der Waals surface area contributed by atoms with Crippen molar-refractivity contribution in [1.82, 2.24) is 10.2 Å². The first-order chi connectivity index (χ1) is 22.9. The lowest BCUT2D eigenvalue weighted by molar-refractivity contribution is -0.157. The fraction of sp³-hybridized carbons (Fsp3) is 0.528. The molecule has 1 saturated carbocycles. The third-order valence-electron chi connectivity index (χ3n) is 7.03. The number of alkyl halides is 3. The molecule has 4 N–H and O–H groups in total. The van der Waals surface area contributed by atoms with Gasteiger partial charge in [-0.05, 0) is 30.5 Å². The molecule has 1 spiro atoms. The highest BCUT2D eigenvalue weighted by molar-refractivity contribution is 6.31. The van der Waals surface area contributed by atoms with Gasteiger partial charge in [-0.25, -0.2) is 4.79 Å². The van der Waals surface area contributed by atoms with Gasteiger partial charge in [0.2, 0.25) is 0 Å². The number of aryl methyl sites for hydroxylation is 1. The topological polar surface area (TPSA) is 113 Å². The largest absolute Gasteiger partial charge is 0.400 e. The van der Waals surface area contributed by atoms with Crippen molar-refractivity contribution < 1.29 is 27.4 Å². The lowest BCUT2D eigenvalue weighted by Crippen LogP contribution is -2.46. The van der Waals surface area contributed by atoms with Crippen LogP contribution in [0.5, 0.6) is 0 Å². The van der Waals surface area contributed by atoms with Gasteiger partial charge >= 0.3 is 12.2 Å². The SMILES string of the molecule is CC.CC.CCC.Cc1ccc(C(=N)N(CCC(F)(F)F)C(=O)NC/C(N)=C2\CCC3(CC2=NCc2ccccc2Cl)OCCO3)cc1. The maximum absolute atomic E-state index is 13.1.